The number of rotatable bonds is 5. The molecule has 1 aromatic rings. The van der Waals surface area contributed by atoms with Crippen molar-refractivity contribution < 1.29 is 14.7 Å². The highest BCUT2D eigenvalue weighted by Crippen LogP contribution is 2.37. The number of urea groups is 1. The lowest BCUT2D eigenvalue weighted by molar-refractivity contribution is -0.148. The van der Waals surface area contributed by atoms with Crippen LogP contribution in [0.2, 0.25) is 0 Å². The molecule has 2 rings (SSSR count). The Kier molecular flexibility index (Phi) is 4.16. The Morgan fingerprint density at radius 3 is 2.70 bits per heavy atom. The van der Waals surface area contributed by atoms with Crippen LogP contribution in [0.25, 0.3) is 0 Å². The normalized spacial score (nSPS) is 18.4. The van der Waals surface area contributed by atoms with Crippen LogP contribution in [0, 0.1) is 5.41 Å². The minimum Gasteiger partial charge on any atom is -0.481 e. The van der Waals surface area contributed by atoms with Gasteiger partial charge in [0.25, 0.3) is 0 Å². The highest BCUT2D eigenvalue weighted by Gasteiger charge is 2.41. The topological polar surface area (TPSA) is 133 Å². The second kappa shape index (κ2) is 5.85. The van der Waals surface area contributed by atoms with E-state index in [1.165, 1.54) is 0 Å². The summed E-state index contributed by atoms with van der Waals surface area (Å²) in [5.41, 5.74) is -0.827. The summed E-state index contributed by atoms with van der Waals surface area (Å²) in [6.45, 7) is 1.85. The molecule has 0 radical (unpaired) electrons. The number of H-pyrrole nitrogens is 1. The van der Waals surface area contributed by atoms with Crippen LogP contribution in [-0.2, 0) is 4.79 Å². The average Bonchev–Trinajstić information content (AvgIpc) is 3.08. The molecule has 9 heteroatoms. The predicted octanol–water partition coefficient (Wildman–Crippen LogP) is 0.205. The molecule has 0 aliphatic heterocycles. The molecular weight excluding hydrogens is 264 g/mol. The summed E-state index contributed by atoms with van der Waals surface area (Å²) in [5, 5.41) is 27.8. The predicted molar refractivity (Wildman–Crippen MR) is 67.7 cm³/mol. The van der Waals surface area contributed by atoms with E-state index < -0.39 is 23.5 Å². The van der Waals surface area contributed by atoms with Gasteiger partial charge in [-0.1, -0.05) is 18.1 Å². The standard InChI is InChI=1S/C11H18N6O3/c1-7(8-14-16-17-15-8)13-10(20)12-6-11(9(18)19)4-2-3-5-11/h7H,2-6H2,1H3,(H,18,19)(H2,12,13,20)(H,14,15,16,17). The Morgan fingerprint density at radius 2 is 2.15 bits per heavy atom. The molecule has 20 heavy (non-hydrogen) atoms. The Bertz CT molecular complexity index is 469. The molecule has 1 saturated carbocycles. The van der Waals surface area contributed by atoms with Gasteiger partial charge in [-0.25, -0.2) is 4.79 Å². The molecule has 1 heterocycles. The number of nitrogens with one attached hydrogen (secondary N) is 3. The third kappa shape index (κ3) is 3.03. The zero-order valence-corrected chi connectivity index (χ0v) is 11.2. The van der Waals surface area contributed by atoms with E-state index in [9.17, 15) is 14.7 Å². The van der Waals surface area contributed by atoms with Crippen LogP contribution in [-0.4, -0.2) is 44.3 Å². The van der Waals surface area contributed by atoms with Crippen molar-refractivity contribution in [2.75, 3.05) is 6.54 Å². The van der Waals surface area contributed by atoms with Crippen molar-refractivity contribution in [1.82, 2.24) is 31.3 Å². The van der Waals surface area contributed by atoms with Gasteiger partial charge in [0, 0.05) is 6.54 Å². The molecule has 0 bridgehead atoms. The Morgan fingerprint density at radius 1 is 1.45 bits per heavy atom. The Labute approximate surface area is 115 Å². The van der Waals surface area contributed by atoms with Crippen LogP contribution in [0.1, 0.15) is 44.5 Å². The fourth-order valence-corrected chi connectivity index (χ4v) is 2.43. The molecule has 0 aromatic carbocycles. The number of nitrogens with zero attached hydrogens (tertiary/aromatic N) is 3. The second-order valence-corrected chi connectivity index (χ2v) is 5.11. The lowest BCUT2D eigenvalue weighted by Crippen LogP contribution is -2.45. The summed E-state index contributed by atoms with van der Waals surface area (Å²) in [5.74, 6) is -0.476. The minimum atomic E-state index is -0.846. The third-order valence-corrected chi connectivity index (χ3v) is 3.70. The number of carbonyl (C=O) groups excluding carboxylic acids is 1. The molecule has 0 spiro atoms. The first-order valence-electron chi connectivity index (χ1n) is 6.55. The van der Waals surface area contributed by atoms with Crippen LogP contribution in [0.5, 0.6) is 0 Å². The number of aromatic nitrogens is 4. The summed E-state index contributed by atoms with van der Waals surface area (Å²) in [6.07, 6.45) is 2.97. The molecule has 1 aliphatic carbocycles. The van der Waals surface area contributed by atoms with E-state index in [2.05, 4.69) is 31.3 Å². The maximum absolute atomic E-state index is 11.8. The van der Waals surface area contributed by atoms with Crippen molar-refractivity contribution in [3.63, 3.8) is 0 Å². The van der Waals surface area contributed by atoms with Crippen molar-refractivity contribution in [2.24, 2.45) is 5.41 Å². The number of aromatic amines is 1. The smallest absolute Gasteiger partial charge is 0.315 e. The number of hydrogen-bond acceptors (Lipinski definition) is 5. The highest BCUT2D eigenvalue weighted by molar-refractivity contribution is 5.78. The summed E-state index contributed by atoms with van der Waals surface area (Å²) in [4.78, 5) is 23.1. The first kappa shape index (κ1) is 14.2. The Balaban J connectivity index is 1.84. The lowest BCUT2D eigenvalue weighted by atomic mass is 9.86. The number of aliphatic carboxylic acids is 1. The molecule has 1 aromatic heterocycles. The zero-order valence-electron chi connectivity index (χ0n) is 11.2. The van der Waals surface area contributed by atoms with E-state index in [4.69, 9.17) is 0 Å². The maximum Gasteiger partial charge on any atom is 0.315 e. The van der Waals surface area contributed by atoms with Crippen molar-refractivity contribution >= 4 is 12.0 Å². The monoisotopic (exact) mass is 282 g/mol. The average molecular weight is 282 g/mol. The SMILES string of the molecule is CC(NC(=O)NCC1(C(=O)O)CCCC1)c1nn[nH]n1. The van der Waals surface area contributed by atoms with Gasteiger partial charge in [0.1, 0.15) is 0 Å². The van der Waals surface area contributed by atoms with E-state index in [0.29, 0.717) is 18.7 Å². The molecule has 1 unspecified atom stereocenters. The summed E-state index contributed by atoms with van der Waals surface area (Å²) < 4.78 is 0. The molecule has 2 amide bonds. The van der Waals surface area contributed by atoms with Gasteiger partial charge in [-0.15, -0.1) is 10.2 Å². The van der Waals surface area contributed by atoms with Gasteiger partial charge in [-0.2, -0.15) is 5.21 Å². The van der Waals surface area contributed by atoms with Crippen LogP contribution >= 0.6 is 0 Å². The van der Waals surface area contributed by atoms with Gasteiger partial charge >= 0.3 is 12.0 Å². The largest absolute Gasteiger partial charge is 0.481 e. The zero-order chi connectivity index (χ0) is 14.6. The van der Waals surface area contributed by atoms with Gasteiger partial charge in [0.15, 0.2) is 5.82 Å². The van der Waals surface area contributed by atoms with Gasteiger partial charge in [-0.3, -0.25) is 4.79 Å². The summed E-state index contributed by atoms with van der Waals surface area (Å²) in [6, 6.07) is -0.840. The van der Waals surface area contributed by atoms with Crippen LogP contribution in [0.4, 0.5) is 4.79 Å². The number of carbonyl (C=O) groups is 2. The van der Waals surface area contributed by atoms with E-state index >= 15 is 0 Å². The minimum absolute atomic E-state index is 0.132. The van der Waals surface area contributed by atoms with E-state index in [-0.39, 0.29) is 6.54 Å². The van der Waals surface area contributed by atoms with E-state index in [1.807, 2.05) is 0 Å². The molecule has 1 fully saturated rings. The van der Waals surface area contributed by atoms with E-state index in [0.717, 1.165) is 12.8 Å². The number of carboxylic acids is 1. The van der Waals surface area contributed by atoms with Crippen LogP contribution in [0.3, 0.4) is 0 Å². The van der Waals surface area contributed by atoms with E-state index in [1.54, 1.807) is 6.92 Å². The summed E-state index contributed by atoms with van der Waals surface area (Å²) >= 11 is 0. The van der Waals surface area contributed by atoms with Gasteiger partial charge < -0.3 is 15.7 Å². The first-order chi connectivity index (χ1) is 9.53. The van der Waals surface area contributed by atoms with Crippen molar-refractivity contribution in [3.8, 4) is 0 Å². The number of tetrazole rings is 1. The third-order valence-electron chi connectivity index (χ3n) is 3.70. The van der Waals surface area contributed by atoms with Crippen LogP contribution < -0.4 is 10.6 Å². The highest BCUT2D eigenvalue weighted by atomic mass is 16.4. The van der Waals surface area contributed by atoms with Crippen LogP contribution in [0.15, 0.2) is 0 Å². The molecule has 1 atom stereocenters. The Hall–Kier alpha value is -2.19. The number of carboxylic acid groups (broad SMARTS) is 1. The van der Waals surface area contributed by atoms with Gasteiger partial charge in [-0.05, 0) is 19.8 Å². The molecule has 0 saturated heterocycles. The molecular formula is C11H18N6O3. The molecule has 4 N–H and O–H groups in total. The van der Waals surface area contributed by atoms with Gasteiger partial charge in [0.05, 0.1) is 11.5 Å². The fourth-order valence-electron chi connectivity index (χ4n) is 2.43. The molecule has 9 nitrogen and oxygen atoms in total. The lowest BCUT2D eigenvalue weighted by Gasteiger charge is -2.24. The molecule has 1 aliphatic rings. The summed E-state index contributed by atoms with van der Waals surface area (Å²) in [7, 11) is 0. The second-order valence-electron chi connectivity index (χ2n) is 5.11. The first-order valence-corrected chi connectivity index (χ1v) is 6.55. The number of amides is 2. The fraction of sp³-hybridized carbons (Fsp3) is 0.727. The van der Waals surface area contributed by atoms with Crippen molar-refractivity contribution in [2.45, 2.75) is 38.6 Å². The van der Waals surface area contributed by atoms with Crippen molar-refractivity contribution in [3.05, 3.63) is 5.82 Å². The van der Waals surface area contributed by atoms with Gasteiger partial charge in [0.2, 0.25) is 0 Å². The van der Waals surface area contributed by atoms with Crippen molar-refractivity contribution in [1.29, 1.82) is 0 Å². The number of hydrogen-bond donors (Lipinski definition) is 4. The molecule has 110 valence electrons. The quantitative estimate of drug-likeness (QED) is 0.610. The maximum atomic E-state index is 11.8.